The Morgan fingerprint density at radius 3 is 2.14 bits per heavy atom. The van der Waals surface area contributed by atoms with Crippen LogP contribution in [0.3, 0.4) is 0 Å². The number of hydrogen-bond acceptors (Lipinski definition) is 0. The maximum Gasteiger partial charge on any atom is -0.0106 e. The lowest BCUT2D eigenvalue weighted by Gasteiger charge is -1.68. The van der Waals surface area contributed by atoms with Gasteiger partial charge >= 0.3 is 0 Å². The van der Waals surface area contributed by atoms with Crippen LogP contribution in [0.1, 0.15) is 12.8 Å². The van der Waals surface area contributed by atoms with Gasteiger partial charge in [-0.3, -0.25) is 0 Å². The van der Waals surface area contributed by atoms with Crippen molar-refractivity contribution >= 4 is 38.8 Å². The molecule has 0 bridgehead atoms. The van der Waals surface area contributed by atoms with E-state index in [2.05, 4.69) is 5.80 Å². The van der Waals surface area contributed by atoms with Crippen LogP contribution in [-0.4, -0.2) is 12.0 Å². The van der Waals surface area contributed by atoms with E-state index >= 15 is 0 Å². The SMILES string of the molecule is C1=PCCC1.Cl.Cl. The van der Waals surface area contributed by atoms with Crippen molar-refractivity contribution in [3.05, 3.63) is 0 Å². The lowest BCUT2D eigenvalue weighted by molar-refractivity contribution is 1.05. The van der Waals surface area contributed by atoms with E-state index in [-0.39, 0.29) is 24.8 Å². The molecule has 0 aromatic rings. The van der Waals surface area contributed by atoms with Crippen LogP contribution in [0.25, 0.3) is 0 Å². The molecule has 1 aliphatic heterocycles. The molecule has 0 aromatic carbocycles. The molecule has 0 radical (unpaired) electrons. The monoisotopic (exact) mass is 158 g/mol. The summed E-state index contributed by atoms with van der Waals surface area (Å²) in [4.78, 5) is 0. The Kier molecular flexibility index (Phi) is 10.3. The van der Waals surface area contributed by atoms with E-state index in [9.17, 15) is 0 Å². The van der Waals surface area contributed by atoms with Crippen LogP contribution in [0.4, 0.5) is 0 Å². The molecule has 1 rings (SSSR count). The third-order valence-electron chi connectivity index (χ3n) is 0.750. The number of rotatable bonds is 0. The van der Waals surface area contributed by atoms with Crippen LogP contribution >= 0.6 is 33.0 Å². The largest absolute Gasteiger partial charge is 0.147 e. The Hall–Kier alpha value is 0.750. The van der Waals surface area contributed by atoms with Crippen LogP contribution in [0, 0.1) is 0 Å². The normalized spacial score (nSPS) is 17.1. The third kappa shape index (κ3) is 4.61. The van der Waals surface area contributed by atoms with Crippen LogP contribution < -0.4 is 0 Å². The number of hydrogen-bond donors (Lipinski definition) is 0. The van der Waals surface area contributed by atoms with E-state index in [4.69, 9.17) is 0 Å². The van der Waals surface area contributed by atoms with Gasteiger partial charge in [-0.15, -0.1) is 33.0 Å². The average Bonchev–Trinajstić information content (AvgIpc) is 1.76. The van der Waals surface area contributed by atoms with E-state index in [1.807, 2.05) is 0 Å². The molecule has 0 atom stereocenters. The van der Waals surface area contributed by atoms with Gasteiger partial charge in [-0.1, -0.05) is 5.80 Å². The maximum absolute atomic E-state index is 2.33. The van der Waals surface area contributed by atoms with Crippen LogP contribution in [0.15, 0.2) is 0 Å². The van der Waals surface area contributed by atoms with E-state index in [0.717, 1.165) is 0 Å². The van der Waals surface area contributed by atoms with Crippen molar-refractivity contribution in [3.63, 3.8) is 0 Å². The fraction of sp³-hybridized carbons (Fsp3) is 0.750. The topological polar surface area (TPSA) is 0 Å². The molecular weight excluding hydrogens is 150 g/mol. The first kappa shape index (κ1) is 10.7. The second-order valence-electron chi connectivity index (χ2n) is 1.23. The molecular formula is C4H9Cl2P. The summed E-state index contributed by atoms with van der Waals surface area (Å²) in [6.45, 7) is 0. The summed E-state index contributed by atoms with van der Waals surface area (Å²) >= 11 is 0. The van der Waals surface area contributed by atoms with Crippen molar-refractivity contribution in [1.29, 1.82) is 0 Å². The fourth-order valence-electron chi connectivity index (χ4n) is 0.456. The molecule has 0 N–H and O–H groups in total. The summed E-state index contributed by atoms with van der Waals surface area (Å²) in [5.41, 5.74) is 0. The van der Waals surface area contributed by atoms with Gasteiger partial charge in [0.2, 0.25) is 0 Å². The first-order valence-electron chi connectivity index (χ1n) is 1.98. The van der Waals surface area contributed by atoms with Gasteiger partial charge in [0.15, 0.2) is 0 Å². The van der Waals surface area contributed by atoms with Gasteiger partial charge in [0.05, 0.1) is 0 Å². The standard InChI is InChI=1S/C4H7P.2ClH/c1-2-4-5-3-1;;/h3H,1-2,4H2;2*1H. The molecule has 1 heterocycles. The molecule has 0 nitrogen and oxygen atoms in total. The Morgan fingerprint density at radius 1 is 1.29 bits per heavy atom. The Labute approximate surface area is 58.3 Å². The van der Waals surface area contributed by atoms with E-state index < -0.39 is 0 Å². The zero-order chi connectivity index (χ0) is 3.54. The zero-order valence-corrected chi connectivity index (χ0v) is 6.49. The molecule has 0 saturated heterocycles. The predicted molar refractivity (Wildman–Crippen MR) is 41.6 cm³/mol. The van der Waals surface area contributed by atoms with Crippen molar-refractivity contribution in [2.24, 2.45) is 0 Å². The van der Waals surface area contributed by atoms with Crippen LogP contribution in [0.2, 0.25) is 0 Å². The summed E-state index contributed by atoms with van der Waals surface area (Å²) in [5, 5.41) is 0. The van der Waals surface area contributed by atoms with Gasteiger partial charge in [-0.25, -0.2) is 0 Å². The quantitative estimate of drug-likeness (QED) is 0.476. The van der Waals surface area contributed by atoms with Crippen molar-refractivity contribution < 1.29 is 0 Å². The van der Waals surface area contributed by atoms with Gasteiger partial charge in [-0.2, -0.15) is 0 Å². The zero-order valence-electron chi connectivity index (χ0n) is 3.96. The molecule has 1 aliphatic rings. The van der Waals surface area contributed by atoms with Crippen molar-refractivity contribution in [3.8, 4) is 0 Å². The van der Waals surface area contributed by atoms with Crippen molar-refractivity contribution in [1.82, 2.24) is 0 Å². The lowest BCUT2D eigenvalue weighted by atomic mass is 10.4. The van der Waals surface area contributed by atoms with Gasteiger partial charge in [-0.05, 0) is 19.0 Å². The van der Waals surface area contributed by atoms with Gasteiger partial charge in [0.1, 0.15) is 0 Å². The molecule has 44 valence electrons. The highest BCUT2D eigenvalue weighted by molar-refractivity contribution is 7.38. The second kappa shape index (κ2) is 6.75. The van der Waals surface area contributed by atoms with E-state index in [0.29, 0.717) is 0 Å². The summed E-state index contributed by atoms with van der Waals surface area (Å²) in [6, 6.07) is 0. The molecule has 0 aliphatic carbocycles. The van der Waals surface area contributed by atoms with Gasteiger partial charge in [0.25, 0.3) is 0 Å². The summed E-state index contributed by atoms with van der Waals surface area (Å²) in [5.74, 6) is 2.33. The highest BCUT2D eigenvalue weighted by Crippen LogP contribution is 2.07. The summed E-state index contributed by atoms with van der Waals surface area (Å²) in [7, 11) is 1.57. The molecule has 0 spiro atoms. The predicted octanol–water partition coefficient (Wildman–Crippen LogP) is 2.37. The Morgan fingerprint density at radius 2 is 2.00 bits per heavy atom. The molecule has 7 heavy (non-hydrogen) atoms. The first-order chi connectivity index (χ1) is 2.50. The molecule has 0 fully saturated rings. The van der Waals surface area contributed by atoms with Crippen LogP contribution in [0.5, 0.6) is 0 Å². The number of halogens is 2. The minimum atomic E-state index is 0. The highest BCUT2D eigenvalue weighted by Gasteiger charge is 1.85. The van der Waals surface area contributed by atoms with E-state index in [1.54, 1.807) is 8.20 Å². The summed E-state index contributed by atoms with van der Waals surface area (Å²) < 4.78 is 0. The molecule has 0 unspecified atom stereocenters. The smallest absolute Gasteiger partial charge is 0.0106 e. The van der Waals surface area contributed by atoms with Crippen molar-refractivity contribution in [2.75, 3.05) is 6.16 Å². The third-order valence-corrected chi connectivity index (χ3v) is 1.84. The van der Waals surface area contributed by atoms with Crippen LogP contribution in [-0.2, 0) is 0 Å². The summed E-state index contributed by atoms with van der Waals surface area (Å²) in [6.07, 6.45) is 4.21. The van der Waals surface area contributed by atoms with Gasteiger partial charge in [0, 0.05) is 0 Å². The Balaban J connectivity index is 0. The average molecular weight is 159 g/mol. The Bertz CT molecular complexity index is 47.7. The van der Waals surface area contributed by atoms with E-state index in [1.165, 1.54) is 19.0 Å². The first-order valence-corrected chi connectivity index (χ1v) is 3.13. The van der Waals surface area contributed by atoms with Gasteiger partial charge < -0.3 is 0 Å². The fourth-order valence-corrected chi connectivity index (χ4v) is 1.37. The second-order valence-corrected chi connectivity index (χ2v) is 2.41. The highest BCUT2D eigenvalue weighted by atomic mass is 35.5. The molecule has 0 amide bonds. The lowest BCUT2D eigenvalue weighted by Crippen LogP contribution is -1.60. The molecule has 3 heteroatoms. The minimum absolute atomic E-state index is 0. The van der Waals surface area contributed by atoms with Crippen molar-refractivity contribution in [2.45, 2.75) is 12.8 Å². The maximum atomic E-state index is 2.33. The minimum Gasteiger partial charge on any atom is -0.147 e. The molecule has 0 aromatic heterocycles. The molecule has 0 saturated carbocycles.